The van der Waals surface area contributed by atoms with Crippen LogP contribution >= 0.6 is 0 Å². The van der Waals surface area contributed by atoms with Crippen LogP contribution in [0.1, 0.15) is 1.43 Å². The second-order valence-electron chi connectivity index (χ2n) is 1.52. The van der Waals surface area contributed by atoms with Gasteiger partial charge in [-0.15, -0.1) is 0 Å². The van der Waals surface area contributed by atoms with Crippen LogP contribution in [0.3, 0.4) is 0 Å². The van der Waals surface area contributed by atoms with E-state index in [4.69, 9.17) is 0 Å². The zero-order valence-electron chi connectivity index (χ0n) is 5.71. The Morgan fingerprint density at radius 2 is 2.44 bits per heavy atom. The highest BCUT2D eigenvalue weighted by Gasteiger charge is 1.89. The van der Waals surface area contributed by atoms with Gasteiger partial charge in [-0.25, -0.2) is 0 Å². The maximum Gasteiger partial charge on any atom is 1.00 e. The lowest BCUT2D eigenvalue weighted by Gasteiger charge is -1.88. The lowest BCUT2D eigenvalue weighted by molar-refractivity contribution is 0.676. The first-order chi connectivity index (χ1) is 4.20. The van der Waals surface area contributed by atoms with Crippen LogP contribution in [0.5, 0.6) is 0 Å². The Labute approximate surface area is 51.4 Å². The highest BCUT2D eigenvalue weighted by atomic mass is 16.2. The molecule has 1 N–H and O–H groups in total. The number of rotatable bonds is 0. The van der Waals surface area contributed by atoms with Crippen molar-refractivity contribution in [1.29, 1.82) is 0 Å². The third-order valence-corrected chi connectivity index (χ3v) is 0.765. The fourth-order valence-corrected chi connectivity index (χ4v) is 0.396. The minimum Gasteiger partial charge on any atom is -0.268 e. The van der Waals surface area contributed by atoms with Crippen molar-refractivity contribution in [1.82, 2.24) is 14.8 Å². The van der Waals surface area contributed by atoms with Crippen LogP contribution in [-0.2, 0) is 7.05 Å². The van der Waals surface area contributed by atoms with Gasteiger partial charge in [-0.05, 0) is 0 Å². The Kier molecular flexibility index (Phi) is 1.18. The van der Waals surface area contributed by atoms with Crippen molar-refractivity contribution in [3.05, 3.63) is 27.0 Å². The summed E-state index contributed by atoms with van der Waals surface area (Å²) in [7, 11) is 1.52. The smallest absolute Gasteiger partial charge is 0.268 e. The first kappa shape index (κ1) is 5.74. The van der Waals surface area contributed by atoms with E-state index in [1.165, 1.54) is 11.7 Å². The molecule has 1 aromatic heterocycles. The zero-order valence-corrected chi connectivity index (χ0v) is 4.71. The molecule has 0 spiro atoms. The van der Waals surface area contributed by atoms with E-state index in [-0.39, 0.29) is 1.43 Å². The van der Waals surface area contributed by atoms with Gasteiger partial charge in [-0.2, -0.15) is 4.98 Å². The SMILES string of the molecule is Cn1[c]nc(=O)c(=O)[nH]1.[H+]. The molecule has 0 unspecified atom stereocenters. The lowest BCUT2D eigenvalue weighted by atomic mass is 10.8. The maximum absolute atomic E-state index is 10.4. The standard InChI is InChI=1S/C4H4N3O2/c1-7-2-5-3(8)4(9)6-7/h1H3,(H,6,9)/p+1. The summed E-state index contributed by atoms with van der Waals surface area (Å²) in [6, 6.07) is 0. The molecule has 1 rings (SSSR count). The molecule has 1 radical (unpaired) electrons. The van der Waals surface area contributed by atoms with Crippen molar-refractivity contribution < 1.29 is 1.43 Å². The number of aromatic nitrogens is 3. The van der Waals surface area contributed by atoms with Gasteiger partial charge in [0, 0.05) is 7.05 Å². The number of aryl methyl sites for hydroxylation is 1. The predicted octanol–water partition coefficient (Wildman–Crippen LogP) is -1.62. The summed E-state index contributed by atoms with van der Waals surface area (Å²) >= 11 is 0. The Morgan fingerprint density at radius 3 is 2.89 bits per heavy atom. The van der Waals surface area contributed by atoms with Crippen molar-refractivity contribution in [3.8, 4) is 0 Å². The van der Waals surface area contributed by atoms with E-state index in [9.17, 15) is 9.59 Å². The van der Waals surface area contributed by atoms with Gasteiger partial charge in [0.2, 0.25) is 0 Å². The number of aromatic amines is 1. The van der Waals surface area contributed by atoms with Crippen LogP contribution in [-0.4, -0.2) is 14.8 Å². The molecule has 0 saturated carbocycles. The molecule has 0 amide bonds. The van der Waals surface area contributed by atoms with Crippen molar-refractivity contribution in [2.75, 3.05) is 0 Å². The first-order valence-corrected chi connectivity index (χ1v) is 2.25. The molecule has 0 atom stereocenters. The zero-order chi connectivity index (χ0) is 6.85. The Hall–Kier alpha value is -1.39. The van der Waals surface area contributed by atoms with Crippen LogP contribution in [0.25, 0.3) is 0 Å². The molecule has 0 fully saturated rings. The Morgan fingerprint density at radius 1 is 1.78 bits per heavy atom. The van der Waals surface area contributed by atoms with Crippen molar-refractivity contribution in [3.63, 3.8) is 0 Å². The van der Waals surface area contributed by atoms with Gasteiger partial charge in [0.15, 0.2) is 6.33 Å². The maximum atomic E-state index is 10.4. The minimum atomic E-state index is -0.812. The topological polar surface area (TPSA) is 67.8 Å². The molecule has 0 aromatic carbocycles. The average Bonchev–Trinajstić information content (AvgIpc) is 1.80. The predicted molar refractivity (Wildman–Crippen MR) is 30.0 cm³/mol. The molecule has 0 aliphatic heterocycles. The highest BCUT2D eigenvalue weighted by Crippen LogP contribution is 1.53. The van der Waals surface area contributed by atoms with E-state index in [2.05, 4.69) is 16.4 Å². The van der Waals surface area contributed by atoms with Crippen LogP contribution in [0.4, 0.5) is 0 Å². The van der Waals surface area contributed by atoms with E-state index < -0.39 is 11.1 Å². The summed E-state index contributed by atoms with van der Waals surface area (Å²) < 4.78 is 1.18. The van der Waals surface area contributed by atoms with Gasteiger partial charge in [-0.3, -0.25) is 19.4 Å². The summed E-state index contributed by atoms with van der Waals surface area (Å²) in [5.74, 6) is 0. The molecule has 0 bridgehead atoms. The fraction of sp³-hybridized carbons (Fsp3) is 0.250. The van der Waals surface area contributed by atoms with E-state index in [0.29, 0.717) is 0 Å². The van der Waals surface area contributed by atoms with Crippen molar-refractivity contribution >= 4 is 0 Å². The van der Waals surface area contributed by atoms with E-state index in [0.717, 1.165) is 0 Å². The summed E-state index contributed by atoms with van der Waals surface area (Å²) in [6.45, 7) is 0. The van der Waals surface area contributed by atoms with E-state index in [1.54, 1.807) is 0 Å². The van der Waals surface area contributed by atoms with E-state index >= 15 is 0 Å². The number of nitrogens with zero attached hydrogens (tertiary/aromatic N) is 2. The summed E-state index contributed by atoms with van der Waals surface area (Å²) in [5.41, 5.74) is -1.54. The van der Waals surface area contributed by atoms with Crippen molar-refractivity contribution in [2.24, 2.45) is 7.05 Å². The largest absolute Gasteiger partial charge is 1.00 e. The lowest BCUT2D eigenvalue weighted by Crippen LogP contribution is -2.32. The average molecular weight is 127 g/mol. The van der Waals surface area contributed by atoms with Crippen LogP contribution in [0, 0.1) is 6.33 Å². The molecule has 9 heavy (non-hydrogen) atoms. The minimum absolute atomic E-state index is 0. The molecule has 0 saturated heterocycles. The number of H-pyrrole nitrogens is 1. The second kappa shape index (κ2) is 1.85. The summed E-state index contributed by atoms with van der Waals surface area (Å²) in [5, 5.41) is 2.17. The third kappa shape index (κ3) is 1.04. The molecule has 5 nitrogen and oxygen atoms in total. The van der Waals surface area contributed by atoms with Gasteiger partial charge in [0.1, 0.15) is 0 Å². The molecule has 0 aliphatic rings. The van der Waals surface area contributed by atoms with Crippen LogP contribution in [0.2, 0.25) is 0 Å². The van der Waals surface area contributed by atoms with E-state index in [1.807, 2.05) is 0 Å². The number of hydrogen-bond donors (Lipinski definition) is 1. The Balaban J connectivity index is 0.000000810. The molecular formula is C4H5N3O2+. The third-order valence-electron chi connectivity index (χ3n) is 0.765. The normalized spacial score (nSPS) is 9.44. The number of nitrogens with one attached hydrogen (secondary N) is 1. The molecule has 5 heteroatoms. The molecule has 1 aromatic rings. The quantitative estimate of drug-likeness (QED) is 0.426. The molecular weight excluding hydrogens is 122 g/mol. The van der Waals surface area contributed by atoms with Crippen LogP contribution < -0.4 is 11.1 Å². The summed E-state index contributed by atoms with van der Waals surface area (Å²) in [4.78, 5) is 23.8. The monoisotopic (exact) mass is 127 g/mol. The van der Waals surface area contributed by atoms with Gasteiger partial charge >= 0.3 is 12.5 Å². The fourth-order valence-electron chi connectivity index (χ4n) is 0.396. The molecule has 47 valence electrons. The number of hydrogen-bond acceptors (Lipinski definition) is 3. The highest BCUT2D eigenvalue weighted by molar-refractivity contribution is 4.67. The van der Waals surface area contributed by atoms with Gasteiger partial charge < -0.3 is 0 Å². The molecule has 1 heterocycles. The van der Waals surface area contributed by atoms with Crippen LogP contribution in [0.15, 0.2) is 9.59 Å². The molecule has 0 aliphatic carbocycles. The Bertz CT molecular complexity index is 315. The van der Waals surface area contributed by atoms with Gasteiger partial charge in [-0.1, -0.05) is 0 Å². The first-order valence-electron chi connectivity index (χ1n) is 2.25. The second-order valence-corrected chi connectivity index (χ2v) is 1.52. The van der Waals surface area contributed by atoms with Crippen molar-refractivity contribution in [2.45, 2.75) is 0 Å². The summed E-state index contributed by atoms with van der Waals surface area (Å²) in [6.07, 6.45) is 2.24. The van der Waals surface area contributed by atoms with Gasteiger partial charge in [0.05, 0.1) is 0 Å². The van der Waals surface area contributed by atoms with Gasteiger partial charge in [0.25, 0.3) is 0 Å².